The van der Waals surface area contributed by atoms with E-state index in [-0.39, 0.29) is 24.4 Å². The van der Waals surface area contributed by atoms with Gasteiger partial charge in [0.25, 0.3) is 5.56 Å². The number of aliphatic carboxylic acids is 1. The van der Waals surface area contributed by atoms with Crippen molar-refractivity contribution in [1.82, 2.24) is 9.55 Å². The van der Waals surface area contributed by atoms with Crippen LogP contribution >= 0.6 is 0 Å². The molecule has 0 atom stereocenters. The summed E-state index contributed by atoms with van der Waals surface area (Å²) in [5.41, 5.74) is -0.944. The molecular formula is C10H14N2O4. The molecule has 2 N–H and O–H groups in total. The van der Waals surface area contributed by atoms with Crippen molar-refractivity contribution >= 4 is 5.97 Å². The molecule has 0 unspecified atom stereocenters. The quantitative estimate of drug-likeness (QED) is 0.744. The van der Waals surface area contributed by atoms with Gasteiger partial charge in [0.05, 0.1) is 6.42 Å². The maximum absolute atomic E-state index is 11.7. The molecule has 0 fully saturated rings. The zero-order valence-corrected chi connectivity index (χ0v) is 9.19. The molecule has 1 rings (SSSR count). The van der Waals surface area contributed by atoms with Gasteiger partial charge in [0.2, 0.25) is 0 Å². The Balaban J connectivity index is 3.22. The summed E-state index contributed by atoms with van der Waals surface area (Å²) in [6.07, 6.45) is 0.781. The molecule has 0 saturated heterocycles. The zero-order chi connectivity index (χ0) is 12.3. The van der Waals surface area contributed by atoms with E-state index in [1.807, 2.05) is 13.8 Å². The molecule has 1 aromatic rings. The van der Waals surface area contributed by atoms with Crippen LogP contribution in [0.15, 0.2) is 15.8 Å². The lowest BCUT2D eigenvalue weighted by molar-refractivity contribution is -0.136. The van der Waals surface area contributed by atoms with Crippen LogP contribution < -0.4 is 11.2 Å². The second-order valence-electron chi connectivity index (χ2n) is 4.00. The van der Waals surface area contributed by atoms with Gasteiger partial charge in [-0.25, -0.2) is 4.79 Å². The molecule has 6 nitrogen and oxygen atoms in total. The fourth-order valence-electron chi connectivity index (χ4n) is 1.37. The third-order valence-electron chi connectivity index (χ3n) is 2.02. The van der Waals surface area contributed by atoms with Crippen molar-refractivity contribution in [2.75, 3.05) is 0 Å². The first-order chi connectivity index (χ1) is 7.41. The second-order valence-corrected chi connectivity index (χ2v) is 4.00. The third kappa shape index (κ3) is 2.82. The van der Waals surface area contributed by atoms with Crippen LogP contribution in [0.4, 0.5) is 0 Å². The van der Waals surface area contributed by atoms with Crippen LogP contribution in [0.2, 0.25) is 0 Å². The van der Waals surface area contributed by atoms with Crippen LogP contribution in [-0.4, -0.2) is 20.6 Å². The lowest BCUT2D eigenvalue weighted by Crippen LogP contribution is -2.38. The minimum Gasteiger partial charge on any atom is -0.481 e. The third-order valence-corrected chi connectivity index (χ3v) is 2.02. The summed E-state index contributed by atoms with van der Waals surface area (Å²) < 4.78 is 1.03. The number of aromatic nitrogens is 2. The van der Waals surface area contributed by atoms with Crippen molar-refractivity contribution in [2.24, 2.45) is 5.92 Å². The van der Waals surface area contributed by atoms with Crippen LogP contribution in [0.25, 0.3) is 0 Å². The summed E-state index contributed by atoms with van der Waals surface area (Å²) in [5, 5.41) is 8.59. The summed E-state index contributed by atoms with van der Waals surface area (Å²) in [6.45, 7) is 4.02. The van der Waals surface area contributed by atoms with Crippen LogP contribution in [-0.2, 0) is 17.8 Å². The highest BCUT2D eigenvalue weighted by Gasteiger charge is 2.11. The highest BCUT2D eigenvalue weighted by molar-refractivity contribution is 5.69. The molecule has 0 radical (unpaired) electrons. The Hall–Kier alpha value is -1.85. The molecule has 1 heterocycles. The topological polar surface area (TPSA) is 92.2 Å². The van der Waals surface area contributed by atoms with Gasteiger partial charge in [-0.05, 0) is 5.92 Å². The van der Waals surface area contributed by atoms with Crippen molar-refractivity contribution in [3.05, 3.63) is 32.6 Å². The lowest BCUT2D eigenvalue weighted by atomic mass is 10.2. The Labute approximate surface area is 91.5 Å². The van der Waals surface area contributed by atoms with Crippen LogP contribution in [0.1, 0.15) is 19.4 Å². The molecule has 6 heteroatoms. The monoisotopic (exact) mass is 226 g/mol. The first-order valence-electron chi connectivity index (χ1n) is 4.95. The first-order valence-corrected chi connectivity index (χ1v) is 4.95. The largest absolute Gasteiger partial charge is 0.481 e. The predicted octanol–water partition coefficient (Wildman–Crippen LogP) is -0.180. The van der Waals surface area contributed by atoms with Gasteiger partial charge in [-0.15, -0.1) is 0 Å². The Morgan fingerprint density at radius 1 is 1.50 bits per heavy atom. The van der Waals surface area contributed by atoms with E-state index in [1.54, 1.807) is 0 Å². The Kier molecular flexibility index (Phi) is 3.65. The van der Waals surface area contributed by atoms with Crippen molar-refractivity contribution in [1.29, 1.82) is 0 Å². The molecule has 0 aliphatic rings. The molecule has 0 saturated carbocycles. The summed E-state index contributed by atoms with van der Waals surface area (Å²) in [4.78, 5) is 36.0. The summed E-state index contributed by atoms with van der Waals surface area (Å²) >= 11 is 0. The number of carboxylic acid groups (broad SMARTS) is 1. The highest BCUT2D eigenvalue weighted by Crippen LogP contribution is 1.94. The van der Waals surface area contributed by atoms with Crippen LogP contribution in [0.3, 0.4) is 0 Å². The lowest BCUT2D eigenvalue weighted by Gasteiger charge is -2.08. The van der Waals surface area contributed by atoms with Gasteiger partial charge in [-0.3, -0.25) is 14.2 Å². The standard InChI is InChI=1S/C10H14N2O4/c1-6(2)5-12-9(15)7(3-8(13)14)4-11-10(12)16/h4,6H,3,5H2,1-2H3,(H,11,16)(H,13,14). The number of nitrogens with one attached hydrogen (secondary N) is 1. The summed E-state index contributed by atoms with van der Waals surface area (Å²) in [7, 11) is 0. The molecular weight excluding hydrogens is 212 g/mol. The average molecular weight is 226 g/mol. The van der Waals surface area contributed by atoms with Gasteiger partial charge < -0.3 is 10.1 Å². The SMILES string of the molecule is CC(C)Cn1c(=O)[nH]cc(CC(=O)O)c1=O. The van der Waals surface area contributed by atoms with E-state index in [1.165, 1.54) is 0 Å². The van der Waals surface area contributed by atoms with E-state index in [9.17, 15) is 14.4 Å². The first kappa shape index (κ1) is 12.2. The number of aromatic amines is 1. The molecule has 1 aromatic heterocycles. The molecule has 0 bridgehead atoms. The van der Waals surface area contributed by atoms with Gasteiger partial charge in [0, 0.05) is 18.3 Å². The number of hydrogen-bond donors (Lipinski definition) is 2. The van der Waals surface area contributed by atoms with Gasteiger partial charge in [0.1, 0.15) is 0 Å². The van der Waals surface area contributed by atoms with Gasteiger partial charge >= 0.3 is 11.7 Å². The fraction of sp³-hybridized carbons (Fsp3) is 0.500. The summed E-state index contributed by atoms with van der Waals surface area (Å²) in [6, 6.07) is 0. The van der Waals surface area contributed by atoms with Crippen molar-refractivity contribution in [2.45, 2.75) is 26.8 Å². The second kappa shape index (κ2) is 4.78. The van der Waals surface area contributed by atoms with Crippen molar-refractivity contribution in [3.8, 4) is 0 Å². The maximum Gasteiger partial charge on any atom is 0.328 e. The number of rotatable bonds is 4. The van der Waals surface area contributed by atoms with E-state index in [2.05, 4.69) is 4.98 Å². The minimum absolute atomic E-state index is 0.0905. The Morgan fingerprint density at radius 2 is 2.12 bits per heavy atom. The van der Waals surface area contributed by atoms with Crippen LogP contribution in [0, 0.1) is 5.92 Å². The molecule has 88 valence electrons. The van der Waals surface area contributed by atoms with Crippen LogP contribution in [0.5, 0.6) is 0 Å². The van der Waals surface area contributed by atoms with Crippen molar-refractivity contribution < 1.29 is 9.90 Å². The smallest absolute Gasteiger partial charge is 0.328 e. The Bertz CT molecular complexity index is 498. The van der Waals surface area contributed by atoms with Gasteiger partial charge in [-0.1, -0.05) is 13.8 Å². The molecule has 0 amide bonds. The van der Waals surface area contributed by atoms with E-state index in [0.717, 1.165) is 10.8 Å². The zero-order valence-electron chi connectivity index (χ0n) is 9.19. The number of H-pyrrole nitrogens is 1. The predicted molar refractivity (Wildman–Crippen MR) is 57.5 cm³/mol. The molecule has 0 aliphatic heterocycles. The molecule has 0 spiro atoms. The van der Waals surface area contributed by atoms with E-state index in [4.69, 9.17) is 5.11 Å². The number of carbonyl (C=O) groups is 1. The molecule has 0 aliphatic carbocycles. The number of hydrogen-bond acceptors (Lipinski definition) is 3. The average Bonchev–Trinajstić information content (AvgIpc) is 2.16. The fourth-order valence-corrected chi connectivity index (χ4v) is 1.37. The van der Waals surface area contributed by atoms with E-state index < -0.39 is 17.2 Å². The van der Waals surface area contributed by atoms with E-state index in [0.29, 0.717) is 0 Å². The molecule has 16 heavy (non-hydrogen) atoms. The van der Waals surface area contributed by atoms with Gasteiger partial charge in [-0.2, -0.15) is 0 Å². The highest BCUT2D eigenvalue weighted by atomic mass is 16.4. The van der Waals surface area contributed by atoms with Crippen molar-refractivity contribution in [3.63, 3.8) is 0 Å². The molecule has 0 aromatic carbocycles. The van der Waals surface area contributed by atoms with Gasteiger partial charge in [0.15, 0.2) is 0 Å². The van der Waals surface area contributed by atoms with E-state index >= 15 is 0 Å². The normalized spacial score (nSPS) is 10.7. The Morgan fingerprint density at radius 3 is 2.62 bits per heavy atom. The summed E-state index contributed by atoms with van der Waals surface area (Å²) in [5.74, 6) is -0.959. The minimum atomic E-state index is -1.10. The number of nitrogens with zero attached hydrogens (tertiary/aromatic N) is 1. The maximum atomic E-state index is 11.7. The number of carboxylic acids is 1.